The van der Waals surface area contributed by atoms with Gasteiger partial charge in [0.05, 0.1) is 34.3 Å². The molecule has 0 aliphatic rings. The Hall–Kier alpha value is -5.12. The van der Waals surface area contributed by atoms with Gasteiger partial charge in [-0.3, -0.25) is 0 Å². The maximum Gasteiger partial charge on any atom is 0.0998 e. The van der Waals surface area contributed by atoms with Gasteiger partial charge in [-0.15, -0.1) is 0 Å². The molecule has 0 unspecified atom stereocenters. The first-order valence-electron chi connectivity index (χ1n) is 11.4. The van der Waals surface area contributed by atoms with Crippen molar-refractivity contribution in [2.75, 3.05) is 0 Å². The zero-order valence-corrected chi connectivity index (χ0v) is 18.8. The van der Waals surface area contributed by atoms with E-state index in [1.54, 1.807) is 18.2 Å². The van der Waals surface area contributed by atoms with Crippen LogP contribution in [0.5, 0.6) is 0 Å². The molecule has 1 aromatic heterocycles. The second-order valence-electron chi connectivity index (χ2n) is 8.39. The van der Waals surface area contributed by atoms with Gasteiger partial charge in [0.25, 0.3) is 0 Å². The standard InChI is InChI=1S/C32H19N3/c33-20-23-12-9-13-24(21-34)30(23)32-26(22-10-3-1-4-11-22)18-19-29-31(32)27-16-7-8-17-28(27)35(29)25-14-5-2-6-15-25/h1-19H. The minimum absolute atomic E-state index is 0.491. The van der Waals surface area contributed by atoms with E-state index in [0.717, 1.165) is 44.2 Å². The fourth-order valence-electron chi connectivity index (χ4n) is 5.04. The molecule has 0 N–H and O–H groups in total. The molecule has 0 atom stereocenters. The summed E-state index contributed by atoms with van der Waals surface area (Å²) in [6, 6.07) is 43.1. The van der Waals surface area contributed by atoms with Crippen LogP contribution in [-0.4, -0.2) is 4.57 Å². The van der Waals surface area contributed by atoms with Crippen LogP contribution in [0.15, 0.2) is 115 Å². The quantitative estimate of drug-likeness (QED) is 0.278. The first-order chi connectivity index (χ1) is 17.3. The summed E-state index contributed by atoms with van der Waals surface area (Å²) in [5, 5.41) is 22.2. The van der Waals surface area contributed by atoms with E-state index in [1.807, 2.05) is 48.5 Å². The van der Waals surface area contributed by atoms with E-state index >= 15 is 0 Å². The lowest BCUT2D eigenvalue weighted by molar-refractivity contribution is 1.18. The Morgan fingerprint density at radius 3 is 1.83 bits per heavy atom. The molecule has 0 bridgehead atoms. The number of hydrogen-bond donors (Lipinski definition) is 0. The van der Waals surface area contributed by atoms with Crippen molar-refractivity contribution >= 4 is 21.8 Å². The first-order valence-corrected chi connectivity index (χ1v) is 11.4. The summed E-state index contributed by atoms with van der Waals surface area (Å²) < 4.78 is 2.25. The minimum Gasteiger partial charge on any atom is -0.309 e. The van der Waals surface area contributed by atoms with E-state index in [2.05, 4.69) is 65.2 Å². The fraction of sp³-hybridized carbons (Fsp3) is 0. The number of para-hydroxylation sites is 2. The van der Waals surface area contributed by atoms with Gasteiger partial charge in [0.1, 0.15) is 0 Å². The predicted molar refractivity (Wildman–Crippen MR) is 141 cm³/mol. The second kappa shape index (κ2) is 8.34. The summed E-state index contributed by atoms with van der Waals surface area (Å²) in [5.41, 5.74) is 7.77. The number of rotatable bonds is 3. The zero-order chi connectivity index (χ0) is 23.8. The van der Waals surface area contributed by atoms with Crippen LogP contribution in [0.1, 0.15) is 11.1 Å². The molecule has 35 heavy (non-hydrogen) atoms. The van der Waals surface area contributed by atoms with Crippen molar-refractivity contribution in [1.82, 2.24) is 4.57 Å². The van der Waals surface area contributed by atoms with Crippen LogP contribution >= 0.6 is 0 Å². The molecule has 6 rings (SSSR count). The van der Waals surface area contributed by atoms with Crippen LogP contribution in [0.3, 0.4) is 0 Å². The molecule has 0 saturated heterocycles. The van der Waals surface area contributed by atoms with Crippen LogP contribution in [0, 0.1) is 22.7 Å². The molecule has 0 aliphatic heterocycles. The Labute approximate surface area is 203 Å². The number of benzene rings is 5. The Bertz CT molecular complexity index is 1770. The third kappa shape index (κ3) is 3.19. The highest BCUT2D eigenvalue weighted by Crippen LogP contribution is 2.45. The molecule has 3 heteroatoms. The summed E-state index contributed by atoms with van der Waals surface area (Å²) in [6.45, 7) is 0. The lowest BCUT2D eigenvalue weighted by atomic mass is 9.86. The lowest BCUT2D eigenvalue weighted by Crippen LogP contribution is -1.96. The maximum absolute atomic E-state index is 10.1. The van der Waals surface area contributed by atoms with Crippen LogP contribution < -0.4 is 0 Å². The molecule has 5 aromatic carbocycles. The van der Waals surface area contributed by atoms with Crippen LogP contribution in [0.4, 0.5) is 0 Å². The van der Waals surface area contributed by atoms with Gasteiger partial charge in [-0.2, -0.15) is 10.5 Å². The molecule has 1 heterocycles. The van der Waals surface area contributed by atoms with E-state index < -0.39 is 0 Å². The van der Waals surface area contributed by atoms with E-state index in [4.69, 9.17) is 0 Å². The smallest absolute Gasteiger partial charge is 0.0998 e. The third-order valence-corrected chi connectivity index (χ3v) is 6.49. The van der Waals surface area contributed by atoms with Crippen LogP contribution in [-0.2, 0) is 0 Å². The Kier molecular flexibility index (Phi) is 4.88. The first kappa shape index (κ1) is 20.5. The number of aromatic nitrogens is 1. The molecular weight excluding hydrogens is 426 g/mol. The van der Waals surface area contributed by atoms with Crippen LogP contribution in [0.25, 0.3) is 49.7 Å². The molecule has 0 radical (unpaired) electrons. The molecule has 6 aromatic rings. The van der Waals surface area contributed by atoms with Gasteiger partial charge in [0.2, 0.25) is 0 Å². The molecule has 0 aliphatic carbocycles. The summed E-state index contributed by atoms with van der Waals surface area (Å²) in [6.07, 6.45) is 0. The Morgan fingerprint density at radius 1 is 0.514 bits per heavy atom. The average molecular weight is 446 g/mol. The Balaban J connectivity index is 1.88. The summed E-state index contributed by atoms with van der Waals surface area (Å²) in [4.78, 5) is 0. The second-order valence-corrected chi connectivity index (χ2v) is 8.39. The SMILES string of the molecule is N#Cc1cccc(C#N)c1-c1c(-c2ccccc2)ccc2c1c1ccccc1n2-c1ccccc1. The van der Waals surface area contributed by atoms with Gasteiger partial charge in [-0.05, 0) is 47.5 Å². The largest absolute Gasteiger partial charge is 0.309 e. The van der Waals surface area contributed by atoms with Crippen LogP contribution in [0.2, 0.25) is 0 Å². The monoisotopic (exact) mass is 445 g/mol. The molecule has 0 amide bonds. The lowest BCUT2D eigenvalue weighted by Gasteiger charge is -2.16. The molecular formula is C32H19N3. The molecule has 162 valence electrons. The van der Waals surface area contributed by atoms with Crippen molar-refractivity contribution in [3.05, 3.63) is 126 Å². The van der Waals surface area contributed by atoms with Crippen molar-refractivity contribution in [3.8, 4) is 40.1 Å². The number of nitriles is 2. The normalized spacial score (nSPS) is 10.8. The number of nitrogens with zero attached hydrogens (tertiary/aromatic N) is 3. The summed E-state index contributed by atoms with van der Waals surface area (Å²) in [5.74, 6) is 0. The topological polar surface area (TPSA) is 52.5 Å². The molecule has 0 fully saturated rings. The minimum atomic E-state index is 0.491. The van der Waals surface area contributed by atoms with Gasteiger partial charge >= 0.3 is 0 Å². The van der Waals surface area contributed by atoms with Crippen molar-refractivity contribution in [2.24, 2.45) is 0 Å². The van der Waals surface area contributed by atoms with Crippen molar-refractivity contribution < 1.29 is 0 Å². The highest BCUT2D eigenvalue weighted by Gasteiger charge is 2.23. The zero-order valence-electron chi connectivity index (χ0n) is 18.8. The average Bonchev–Trinajstić information content (AvgIpc) is 3.27. The van der Waals surface area contributed by atoms with Gasteiger partial charge in [-0.1, -0.05) is 78.9 Å². The van der Waals surface area contributed by atoms with Gasteiger partial charge in [0.15, 0.2) is 0 Å². The Morgan fingerprint density at radius 2 is 1.14 bits per heavy atom. The highest BCUT2D eigenvalue weighted by atomic mass is 15.0. The maximum atomic E-state index is 10.1. The third-order valence-electron chi connectivity index (χ3n) is 6.49. The van der Waals surface area contributed by atoms with Crippen molar-refractivity contribution in [2.45, 2.75) is 0 Å². The molecule has 0 spiro atoms. The van der Waals surface area contributed by atoms with Gasteiger partial charge in [0, 0.05) is 27.6 Å². The van der Waals surface area contributed by atoms with Crippen molar-refractivity contribution in [3.63, 3.8) is 0 Å². The van der Waals surface area contributed by atoms with E-state index in [-0.39, 0.29) is 0 Å². The molecule has 3 nitrogen and oxygen atoms in total. The number of fused-ring (bicyclic) bond motifs is 3. The highest BCUT2D eigenvalue weighted by molar-refractivity contribution is 6.19. The summed E-state index contributed by atoms with van der Waals surface area (Å²) in [7, 11) is 0. The summed E-state index contributed by atoms with van der Waals surface area (Å²) >= 11 is 0. The fourth-order valence-corrected chi connectivity index (χ4v) is 5.04. The molecule has 0 saturated carbocycles. The van der Waals surface area contributed by atoms with E-state index in [0.29, 0.717) is 16.7 Å². The van der Waals surface area contributed by atoms with E-state index in [1.165, 1.54) is 0 Å². The van der Waals surface area contributed by atoms with Gasteiger partial charge < -0.3 is 4.57 Å². The number of hydrogen-bond acceptors (Lipinski definition) is 2. The van der Waals surface area contributed by atoms with Crippen molar-refractivity contribution in [1.29, 1.82) is 10.5 Å². The predicted octanol–water partition coefficient (Wildman–Crippen LogP) is 7.86. The van der Waals surface area contributed by atoms with Gasteiger partial charge in [-0.25, -0.2) is 0 Å². The van der Waals surface area contributed by atoms with E-state index in [9.17, 15) is 10.5 Å².